The van der Waals surface area contributed by atoms with Crippen LogP contribution in [0.2, 0.25) is 0 Å². The van der Waals surface area contributed by atoms with Crippen LogP contribution in [0, 0.1) is 12.8 Å². The molecule has 1 aromatic carbocycles. The summed E-state index contributed by atoms with van der Waals surface area (Å²) in [5.74, 6) is 0.565. The topological polar surface area (TPSA) is 87.5 Å². The van der Waals surface area contributed by atoms with E-state index in [1.165, 1.54) is 0 Å². The van der Waals surface area contributed by atoms with E-state index in [-0.39, 0.29) is 18.4 Å². The van der Waals surface area contributed by atoms with Crippen molar-refractivity contribution in [3.63, 3.8) is 0 Å². The van der Waals surface area contributed by atoms with E-state index in [2.05, 4.69) is 10.6 Å². The highest BCUT2D eigenvalue weighted by molar-refractivity contribution is 5.79. The number of aryl methyl sites for hydroxylation is 1. The van der Waals surface area contributed by atoms with Crippen LogP contribution in [0.4, 0.5) is 4.79 Å². The van der Waals surface area contributed by atoms with E-state index in [4.69, 9.17) is 5.73 Å². The van der Waals surface area contributed by atoms with E-state index in [9.17, 15) is 9.59 Å². The normalized spacial score (nSPS) is 18.7. The summed E-state index contributed by atoms with van der Waals surface area (Å²) in [6, 6.07) is 6.74. The first-order valence-electron chi connectivity index (χ1n) is 8.05. The third kappa shape index (κ3) is 4.69. The summed E-state index contributed by atoms with van der Waals surface area (Å²) < 4.78 is 0. The molecule has 6 heteroatoms. The summed E-state index contributed by atoms with van der Waals surface area (Å²) in [5.41, 5.74) is 7.26. The van der Waals surface area contributed by atoms with Gasteiger partial charge in [0.25, 0.3) is 0 Å². The minimum absolute atomic E-state index is 0.0607. The molecule has 1 heterocycles. The van der Waals surface area contributed by atoms with E-state index in [0.29, 0.717) is 5.92 Å². The lowest BCUT2D eigenvalue weighted by atomic mass is 9.98. The van der Waals surface area contributed by atoms with Crippen molar-refractivity contribution >= 4 is 11.9 Å². The Bertz CT molecular complexity index is 561. The van der Waals surface area contributed by atoms with E-state index >= 15 is 0 Å². The van der Waals surface area contributed by atoms with Gasteiger partial charge in [0.1, 0.15) is 0 Å². The van der Waals surface area contributed by atoms with Crippen molar-refractivity contribution in [2.75, 3.05) is 26.7 Å². The van der Waals surface area contributed by atoms with Crippen molar-refractivity contribution in [3.8, 4) is 0 Å². The molecule has 0 saturated carbocycles. The second-order valence-electron chi connectivity index (χ2n) is 6.17. The summed E-state index contributed by atoms with van der Waals surface area (Å²) >= 11 is 0. The Morgan fingerprint density at radius 2 is 2.13 bits per heavy atom. The molecule has 1 saturated heterocycles. The molecule has 4 N–H and O–H groups in total. The molecule has 0 spiro atoms. The maximum absolute atomic E-state index is 12.6. The van der Waals surface area contributed by atoms with Gasteiger partial charge in [0.2, 0.25) is 5.91 Å². The number of hydrogen-bond acceptors (Lipinski definition) is 3. The lowest BCUT2D eigenvalue weighted by Gasteiger charge is -2.23. The molecule has 2 atom stereocenters. The fourth-order valence-corrected chi connectivity index (χ4v) is 3.21. The lowest BCUT2D eigenvalue weighted by molar-refractivity contribution is -0.130. The van der Waals surface area contributed by atoms with Crippen LogP contribution in [-0.4, -0.2) is 43.5 Å². The van der Waals surface area contributed by atoms with Crippen molar-refractivity contribution in [2.45, 2.75) is 25.8 Å². The van der Waals surface area contributed by atoms with Gasteiger partial charge in [-0.3, -0.25) is 4.79 Å². The SMILES string of the molecule is CNC[C@@H]1CCN(C(=O)C[C@@H](NC(N)=O)c2ccccc2C)C1. The van der Waals surface area contributed by atoms with Gasteiger partial charge in [-0.1, -0.05) is 24.3 Å². The number of carbonyl (C=O) groups is 2. The average molecular weight is 318 g/mol. The number of urea groups is 1. The van der Waals surface area contributed by atoms with Gasteiger partial charge in [-0.2, -0.15) is 0 Å². The van der Waals surface area contributed by atoms with Crippen molar-refractivity contribution in [1.29, 1.82) is 0 Å². The third-order valence-corrected chi connectivity index (χ3v) is 4.39. The fourth-order valence-electron chi connectivity index (χ4n) is 3.21. The number of amides is 3. The maximum atomic E-state index is 12.6. The van der Waals surface area contributed by atoms with Gasteiger partial charge in [0, 0.05) is 13.1 Å². The average Bonchev–Trinajstić information content (AvgIpc) is 2.96. The monoisotopic (exact) mass is 318 g/mol. The smallest absolute Gasteiger partial charge is 0.312 e. The highest BCUT2D eigenvalue weighted by Crippen LogP contribution is 2.23. The summed E-state index contributed by atoms with van der Waals surface area (Å²) in [6.07, 6.45) is 1.25. The number of benzene rings is 1. The van der Waals surface area contributed by atoms with Crippen molar-refractivity contribution < 1.29 is 9.59 Å². The van der Waals surface area contributed by atoms with Crippen molar-refractivity contribution in [1.82, 2.24) is 15.5 Å². The first-order chi connectivity index (χ1) is 11.0. The summed E-state index contributed by atoms with van der Waals surface area (Å²) in [5, 5.41) is 5.86. The van der Waals surface area contributed by atoms with Crippen molar-refractivity contribution in [3.05, 3.63) is 35.4 Å². The summed E-state index contributed by atoms with van der Waals surface area (Å²) in [6.45, 7) is 4.44. The number of hydrogen-bond donors (Lipinski definition) is 3. The van der Waals surface area contributed by atoms with E-state index in [0.717, 1.165) is 37.2 Å². The molecule has 1 fully saturated rings. The van der Waals surface area contributed by atoms with Gasteiger partial charge in [0.15, 0.2) is 0 Å². The molecule has 3 amide bonds. The molecule has 2 rings (SSSR count). The molecule has 1 aromatic rings. The first-order valence-corrected chi connectivity index (χ1v) is 8.05. The predicted molar refractivity (Wildman–Crippen MR) is 89.9 cm³/mol. The zero-order valence-electron chi connectivity index (χ0n) is 13.8. The lowest BCUT2D eigenvalue weighted by Crippen LogP contribution is -2.38. The Morgan fingerprint density at radius 3 is 2.78 bits per heavy atom. The molecule has 0 unspecified atom stereocenters. The molecule has 0 bridgehead atoms. The van der Waals surface area contributed by atoms with Gasteiger partial charge in [-0.25, -0.2) is 4.79 Å². The molecular formula is C17H26N4O2. The zero-order chi connectivity index (χ0) is 16.8. The minimum atomic E-state index is -0.611. The Kier molecular flexibility index (Phi) is 5.98. The molecule has 0 aliphatic carbocycles. The van der Waals surface area contributed by atoms with Crippen LogP contribution in [0.25, 0.3) is 0 Å². The minimum Gasteiger partial charge on any atom is -0.352 e. The van der Waals surface area contributed by atoms with Crippen LogP contribution in [0.1, 0.15) is 30.0 Å². The maximum Gasteiger partial charge on any atom is 0.312 e. The van der Waals surface area contributed by atoms with Gasteiger partial charge < -0.3 is 21.3 Å². The predicted octanol–water partition coefficient (Wildman–Crippen LogP) is 1.16. The number of nitrogens with two attached hydrogens (primary N) is 1. The van der Waals surface area contributed by atoms with Crippen LogP contribution in [0.3, 0.4) is 0 Å². The standard InChI is InChI=1S/C17H26N4O2/c1-12-5-3-4-6-14(12)15(20-17(18)23)9-16(22)21-8-7-13(11-21)10-19-2/h3-6,13,15,19H,7-11H2,1-2H3,(H3,18,20,23)/t13-,15+/m0/s1. The number of carbonyl (C=O) groups excluding carboxylic acids is 2. The summed E-state index contributed by atoms with van der Waals surface area (Å²) in [4.78, 5) is 25.8. The van der Waals surface area contributed by atoms with E-state index in [1.807, 2.05) is 43.1 Å². The van der Waals surface area contributed by atoms with Crippen LogP contribution in [-0.2, 0) is 4.79 Å². The number of nitrogens with zero attached hydrogens (tertiary/aromatic N) is 1. The highest BCUT2D eigenvalue weighted by atomic mass is 16.2. The van der Waals surface area contributed by atoms with Gasteiger partial charge in [-0.15, -0.1) is 0 Å². The Hall–Kier alpha value is -2.08. The molecule has 126 valence electrons. The zero-order valence-corrected chi connectivity index (χ0v) is 13.8. The van der Waals surface area contributed by atoms with Crippen LogP contribution in [0.15, 0.2) is 24.3 Å². The van der Waals surface area contributed by atoms with Crippen LogP contribution in [0.5, 0.6) is 0 Å². The number of likely N-dealkylation sites (tertiary alicyclic amines) is 1. The van der Waals surface area contributed by atoms with Crippen molar-refractivity contribution in [2.24, 2.45) is 11.7 Å². The van der Waals surface area contributed by atoms with Crippen LogP contribution >= 0.6 is 0 Å². The molecule has 0 aromatic heterocycles. The van der Waals surface area contributed by atoms with Gasteiger partial charge >= 0.3 is 6.03 Å². The molecular weight excluding hydrogens is 292 g/mol. The quantitative estimate of drug-likeness (QED) is 0.735. The second kappa shape index (κ2) is 7.97. The molecule has 0 radical (unpaired) electrons. The highest BCUT2D eigenvalue weighted by Gasteiger charge is 2.28. The third-order valence-electron chi connectivity index (χ3n) is 4.39. The first kappa shape index (κ1) is 17.3. The van der Waals surface area contributed by atoms with E-state index in [1.54, 1.807) is 0 Å². The Morgan fingerprint density at radius 1 is 1.39 bits per heavy atom. The van der Waals surface area contributed by atoms with Gasteiger partial charge in [-0.05, 0) is 44.0 Å². The number of nitrogens with one attached hydrogen (secondary N) is 2. The molecule has 23 heavy (non-hydrogen) atoms. The molecule has 1 aliphatic rings. The van der Waals surface area contributed by atoms with E-state index < -0.39 is 6.03 Å². The second-order valence-corrected chi connectivity index (χ2v) is 6.17. The fraction of sp³-hybridized carbons (Fsp3) is 0.529. The van der Waals surface area contributed by atoms with Gasteiger partial charge in [0.05, 0.1) is 12.5 Å². The largest absolute Gasteiger partial charge is 0.352 e. The molecule has 6 nitrogen and oxygen atoms in total. The number of rotatable bonds is 6. The molecule has 1 aliphatic heterocycles. The Balaban J connectivity index is 2.05. The van der Waals surface area contributed by atoms with Crippen LogP contribution < -0.4 is 16.4 Å². The summed E-state index contributed by atoms with van der Waals surface area (Å²) in [7, 11) is 1.93. The Labute approximate surface area is 137 Å². The number of primary amides is 1.